The van der Waals surface area contributed by atoms with E-state index in [1.807, 2.05) is 31.3 Å². The maximum atomic E-state index is 9.69. The highest BCUT2D eigenvalue weighted by Gasteiger charge is 2.23. The molecule has 1 aliphatic rings. The number of aliphatic hydroxyl groups excluding tert-OH is 1. The largest absolute Gasteiger partial charge is 0.393 e. The Balaban J connectivity index is 1.78. The van der Waals surface area contributed by atoms with Gasteiger partial charge >= 0.3 is 0 Å². The molecule has 0 radical (unpaired) electrons. The van der Waals surface area contributed by atoms with Crippen LogP contribution in [0.5, 0.6) is 0 Å². The van der Waals surface area contributed by atoms with Gasteiger partial charge in [0, 0.05) is 28.7 Å². The number of pyridine rings is 1. The molecule has 4 heteroatoms. The molecule has 0 amide bonds. The van der Waals surface area contributed by atoms with E-state index in [1.54, 1.807) is 0 Å². The molecule has 0 spiro atoms. The monoisotopic (exact) mass is 304 g/mol. The van der Waals surface area contributed by atoms with Gasteiger partial charge in [0.25, 0.3) is 0 Å². The van der Waals surface area contributed by atoms with Crippen LogP contribution >= 0.6 is 11.6 Å². The van der Waals surface area contributed by atoms with E-state index in [1.165, 1.54) is 0 Å². The third-order valence-corrected chi connectivity index (χ3v) is 4.87. The molecule has 21 heavy (non-hydrogen) atoms. The summed E-state index contributed by atoms with van der Waals surface area (Å²) in [5, 5.41) is 11.6. The van der Waals surface area contributed by atoms with Crippen molar-refractivity contribution in [1.29, 1.82) is 0 Å². The second-order valence-electron chi connectivity index (χ2n) is 5.96. The van der Waals surface area contributed by atoms with E-state index < -0.39 is 0 Å². The lowest BCUT2D eigenvalue weighted by Gasteiger charge is -2.33. The van der Waals surface area contributed by atoms with Crippen molar-refractivity contribution in [3.63, 3.8) is 0 Å². The van der Waals surface area contributed by atoms with Crippen LogP contribution in [0.15, 0.2) is 30.5 Å². The molecule has 1 aliphatic heterocycles. The zero-order valence-electron chi connectivity index (χ0n) is 12.3. The van der Waals surface area contributed by atoms with Crippen molar-refractivity contribution < 1.29 is 5.11 Å². The number of piperidine rings is 1. The van der Waals surface area contributed by atoms with Crippen molar-refractivity contribution >= 4 is 22.5 Å². The molecule has 1 saturated heterocycles. The number of benzene rings is 1. The molecule has 1 unspecified atom stereocenters. The summed E-state index contributed by atoms with van der Waals surface area (Å²) in [7, 11) is 0. The minimum absolute atomic E-state index is 0.199. The fourth-order valence-corrected chi connectivity index (χ4v) is 3.36. The van der Waals surface area contributed by atoms with Crippen LogP contribution in [-0.4, -0.2) is 34.2 Å². The average molecular weight is 305 g/mol. The minimum Gasteiger partial charge on any atom is -0.393 e. The van der Waals surface area contributed by atoms with E-state index in [9.17, 15) is 5.11 Å². The minimum atomic E-state index is -0.199. The normalized spacial score (nSPS) is 19.0. The topological polar surface area (TPSA) is 36.4 Å². The average Bonchev–Trinajstić information content (AvgIpc) is 2.51. The molecular formula is C17H21ClN2O. The van der Waals surface area contributed by atoms with E-state index in [0.29, 0.717) is 5.92 Å². The van der Waals surface area contributed by atoms with Gasteiger partial charge in [-0.15, -0.1) is 0 Å². The molecule has 0 bridgehead atoms. The van der Waals surface area contributed by atoms with E-state index >= 15 is 0 Å². The highest BCUT2D eigenvalue weighted by Crippen LogP contribution is 2.28. The number of aliphatic hydroxyl groups is 1. The van der Waals surface area contributed by atoms with Gasteiger partial charge in [0.15, 0.2) is 0 Å². The van der Waals surface area contributed by atoms with Crippen molar-refractivity contribution in [1.82, 2.24) is 9.88 Å². The zero-order chi connectivity index (χ0) is 14.8. The Hall–Kier alpha value is -1.16. The van der Waals surface area contributed by atoms with Crippen LogP contribution in [0.3, 0.4) is 0 Å². The number of hydrogen-bond acceptors (Lipinski definition) is 3. The molecule has 3 nitrogen and oxygen atoms in total. The van der Waals surface area contributed by atoms with Gasteiger partial charge in [0.2, 0.25) is 0 Å². The summed E-state index contributed by atoms with van der Waals surface area (Å²) in [5.74, 6) is 0.433. The molecule has 2 aromatic rings. The molecule has 1 aromatic heterocycles. The van der Waals surface area contributed by atoms with Gasteiger partial charge in [0.05, 0.1) is 11.6 Å². The highest BCUT2D eigenvalue weighted by molar-refractivity contribution is 6.32. The quantitative estimate of drug-likeness (QED) is 0.943. The van der Waals surface area contributed by atoms with Gasteiger partial charge in [-0.3, -0.25) is 9.88 Å². The van der Waals surface area contributed by atoms with Crippen LogP contribution in [0.4, 0.5) is 0 Å². The summed E-state index contributed by atoms with van der Waals surface area (Å²) in [6.45, 7) is 4.75. The summed E-state index contributed by atoms with van der Waals surface area (Å²) in [6.07, 6.45) is 3.72. The van der Waals surface area contributed by atoms with Crippen LogP contribution in [0.2, 0.25) is 5.02 Å². The maximum Gasteiger partial charge on any atom is 0.0761 e. The summed E-state index contributed by atoms with van der Waals surface area (Å²) < 4.78 is 0. The van der Waals surface area contributed by atoms with E-state index in [-0.39, 0.29) is 6.10 Å². The predicted molar refractivity (Wildman–Crippen MR) is 86.4 cm³/mol. The Morgan fingerprint density at radius 3 is 2.81 bits per heavy atom. The van der Waals surface area contributed by atoms with Crippen molar-refractivity contribution in [3.05, 3.63) is 41.0 Å². The first kappa shape index (κ1) is 14.8. The summed E-state index contributed by atoms with van der Waals surface area (Å²) >= 11 is 6.39. The Labute approximate surface area is 130 Å². The van der Waals surface area contributed by atoms with Crippen molar-refractivity contribution in [2.24, 2.45) is 5.92 Å². The molecule has 3 rings (SSSR count). The maximum absolute atomic E-state index is 9.69. The number of fused-ring (bicyclic) bond motifs is 1. The van der Waals surface area contributed by atoms with Crippen LogP contribution < -0.4 is 0 Å². The van der Waals surface area contributed by atoms with Gasteiger partial charge in [-0.05, 0) is 50.9 Å². The third-order valence-electron chi connectivity index (χ3n) is 4.52. The third kappa shape index (κ3) is 3.20. The summed E-state index contributed by atoms with van der Waals surface area (Å²) in [6, 6.07) is 8.01. The van der Waals surface area contributed by atoms with Crippen molar-refractivity contribution in [2.75, 3.05) is 13.1 Å². The first-order valence-electron chi connectivity index (χ1n) is 7.57. The van der Waals surface area contributed by atoms with Gasteiger partial charge in [-0.1, -0.05) is 23.7 Å². The zero-order valence-corrected chi connectivity index (χ0v) is 13.1. The van der Waals surface area contributed by atoms with E-state index in [0.717, 1.165) is 54.0 Å². The van der Waals surface area contributed by atoms with E-state index in [4.69, 9.17) is 11.6 Å². The first-order chi connectivity index (χ1) is 10.1. The molecule has 0 saturated carbocycles. The van der Waals surface area contributed by atoms with Crippen molar-refractivity contribution in [2.45, 2.75) is 32.4 Å². The Bertz CT molecular complexity index is 621. The molecule has 1 aromatic carbocycles. The number of hydrogen-bond donors (Lipinski definition) is 1. The molecular weight excluding hydrogens is 284 g/mol. The fourth-order valence-electron chi connectivity index (χ4n) is 3.15. The molecule has 1 N–H and O–H groups in total. The fraction of sp³-hybridized carbons (Fsp3) is 0.471. The van der Waals surface area contributed by atoms with Crippen molar-refractivity contribution in [3.8, 4) is 0 Å². The predicted octanol–water partition coefficient (Wildman–Crippen LogP) is 3.48. The molecule has 1 fully saturated rings. The number of halogens is 1. The molecule has 0 aliphatic carbocycles. The number of aromatic nitrogens is 1. The van der Waals surface area contributed by atoms with Crippen LogP contribution in [0.25, 0.3) is 10.9 Å². The first-order valence-corrected chi connectivity index (χ1v) is 7.95. The van der Waals surface area contributed by atoms with Gasteiger partial charge in [0.1, 0.15) is 0 Å². The number of rotatable bonds is 3. The highest BCUT2D eigenvalue weighted by atomic mass is 35.5. The Morgan fingerprint density at radius 2 is 2.10 bits per heavy atom. The Morgan fingerprint density at radius 1 is 1.33 bits per heavy atom. The lowest BCUT2D eigenvalue weighted by molar-refractivity contribution is 0.0696. The number of nitrogens with zero attached hydrogens (tertiary/aromatic N) is 2. The molecule has 112 valence electrons. The lowest BCUT2D eigenvalue weighted by Crippen LogP contribution is -2.36. The van der Waals surface area contributed by atoms with Gasteiger partial charge in [-0.2, -0.15) is 0 Å². The number of likely N-dealkylation sites (tertiary alicyclic amines) is 1. The van der Waals surface area contributed by atoms with Crippen LogP contribution in [0.1, 0.15) is 25.3 Å². The Kier molecular flexibility index (Phi) is 4.43. The standard InChI is InChI=1S/C17H21ClN2O/c1-12(21)13-6-9-20(10-7-13)11-15-16(18)5-4-14-3-2-8-19-17(14)15/h2-5,8,12-13,21H,6-7,9-11H2,1H3. The van der Waals surface area contributed by atoms with Gasteiger partial charge < -0.3 is 5.11 Å². The van der Waals surface area contributed by atoms with Gasteiger partial charge in [-0.25, -0.2) is 0 Å². The second-order valence-corrected chi connectivity index (χ2v) is 6.36. The molecule has 2 heterocycles. The summed E-state index contributed by atoms with van der Waals surface area (Å²) in [5.41, 5.74) is 2.12. The smallest absolute Gasteiger partial charge is 0.0761 e. The van der Waals surface area contributed by atoms with E-state index in [2.05, 4.69) is 16.0 Å². The van der Waals surface area contributed by atoms with Crippen LogP contribution in [-0.2, 0) is 6.54 Å². The lowest BCUT2D eigenvalue weighted by atomic mass is 9.92. The second kappa shape index (κ2) is 6.30. The molecule has 1 atom stereocenters. The SMILES string of the molecule is CC(O)C1CCN(Cc2c(Cl)ccc3cccnc23)CC1. The van der Waals surface area contributed by atoms with Crippen LogP contribution in [0, 0.1) is 5.92 Å². The summed E-state index contributed by atoms with van der Waals surface area (Å²) in [4.78, 5) is 6.91.